The first-order valence-corrected chi connectivity index (χ1v) is 5.85. The van der Waals surface area contributed by atoms with Gasteiger partial charge in [0.2, 0.25) is 0 Å². The van der Waals surface area contributed by atoms with Gasteiger partial charge in [0.1, 0.15) is 0 Å². The Morgan fingerprint density at radius 3 is 2.93 bits per heavy atom. The van der Waals surface area contributed by atoms with Gasteiger partial charge in [0.25, 0.3) is 0 Å². The summed E-state index contributed by atoms with van der Waals surface area (Å²) in [5, 5.41) is 6.37. The first-order valence-electron chi connectivity index (χ1n) is 4.27. The van der Waals surface area contributed by atoms with Gasteiger partial charge in [-0.1, -0.05) is 6.07 Å². The summed E-state index contributed by atoms with van der Waals surface area (Å²) < 4.78 is 2.04. The minimum atomic E-state index is 0.837. The summed E-state index contributed by atoms with van der Waals surface area (Å²) in [6.45, 7) is 1.75. The van der Waals surface area contributed by atoms with Crippen molar-refractivity contribution in [1.29, 1.82) is 0 Å². The summed E-state index contributed by atoms with van der Waals surface area (Å²) in [5.74, 6) is 0.837. The lowest BCUT2D eigenvalue weighted by Crippen LogP contribution is -2.26. The summed E-state index contributed by atoms with van der Waals surface area (Å²) in [4.78, 5) is 4.26. The SMILES string of the molecule is Brc1cccc(NC2=NCCN2)c1Br. The monoisotopic (exact) mass is 317 g/mol. The third-order valence-electron chi connectivity index (χ3n) is 1.88. The van der Waals surface area contributed by atoms with Crippen LogP contribution in [-0.2, 0) is 0 Å². The molecule has 5 heteroatoms. The highest BCUT2D eigenvalue weighted by Crippen LogP contribution is 2.30. The second-order valence-corrected chi connectivity index (χ2v) is 4.53. The van der Waals surface area contributed by atoms with E-state index in [1.165, 1.54) is 0 Å². The standard InChI is InChI=1S/C9H9Br2N3/c10-6-2-1-3-7(8(6)11)14-9-12-4-5-13-9/h1-3H,4-5H2,(H2,12,13,14). The quantitative estimate of drug-likeness (QED) is 0.835. The minimum absolute atomic E-state index is 0.837. The fourth-order valence-electron chi connectivity index (χ4n) is 1.21. The summed E-state index contributed by atoms with van der Waals surface area (Å²) in [5.41, 5.74) is 1.01. The summed E-state index contributed by atoms with van der Waals surface area (Å²) in [6, 6.07) is 5.96. The molecule has 0 saturated heterocycles. The van der Waals surface area contributed by atoms with Gasteiger partial charge in [-0.15, -0.1) is 0 Å². The van der Waals surface area contributed by atoms with E-state index in [-0.39, 0.29) is 0 Å². The Morgan fingerprint density at radius 2 is 2.21 bits per heavy atom. The van der Waals surface area contributed by atoms with Crippen molar-refractivity contribution < 1.29 is 0 Å². The molecule has 3 nitrogen and oxygen atoms in total. The van der Waals surface area contributed by atoms with Crippen LogP contribution in [0.15, 0.2) is 32.1 Å². The molecule has 0 amide bonds. The minimum Gasteiger partial charge on any atom is -0.354 e. The molecule has 0 spiro atoms. The van der Waals surface area contributed by atoms with Crippen molar-refractivity contribution in [3.8, 4) is 0 Å². The summed E-state index contributed by atoms with van der Waals surface area (Å²) in [7, 11) is 0. The third kappa shape index (κ3) is 2.09. The van der Waals surface area contributed by atoms with Crippen molar-refractivity contribution in [2.24, 2.45) is 4.99 Å². The van der Waals surface area contributed by atoms with Gasteiger partial charge in [-0.2, -0.15) is 0 Å². The molecule has 2 N–H and O–H groups in total. The van der Waals surface area contributed by atoms with E-state index in [1.54, 1.807) is 0 Å². The van der Waals surface area contributed by atoms with Crippen molar-refractivity contribution in [2.45, 2.75) is 0 Å². The molecule has 1 aliphatic heterocycles. The molecule has 1 aromatic carbocycles. The van der Waals surface area contributed by atoms with Gasteiger partial charge in [0.15, 0.2) is 5.96 Å². The van der Waals surface area contributed by atoms with Gasteiger partial charge in [-0.3, -0.25) is 4.99 Å². The van der Waals surface area contributed by atoms with Crippen LogP contribution < -0.4 is 10.6 Å². The van der Waals surface area contributed by atoms with Gasteiger partial charge in [-0.25, -0.2) is 0 Å². The maximum atomic E-state index is 4.26. The van der Waals surface area contributed by atoms with Crippen LogP contribution in [0.25, 0.3) is 0 Å². The second kappa shape index (κ2) is 4.31. The van der Waals surface area contributed by atoms with E-state index in [2.05, 4.69) is 47.5 Å². The van der Waals surface area contributed by atoms with Crippen molar-refractivity contribution in [1.82, 2.24) is 5.32 Å². The molecule has 0 radical (unpaired) electrons. The van der Waals surface area contributed by atoms with E-state index in [4.69, 9.17) is 0 Å². The number of rotatable bonds is 1. The van der Waals surface area contributed by atoms with E-state index < -0.39 is 0 Å². The highest BCUT2D eigenvalue weighted by Gasteiger charge is 2.08. The lowest BCUT2D eigenvalue weighted by atomic mass is 10.3. The van der Waals surface area contributed by atoms with E-state index in [1.807, 2.05) is 18.2 Å². The number of halogens is 2. The number of guanidine groups is 1. The van der Waals surface area contributed by atoms with Gasteiger partial charge in [0, 0.05) is 11.0 Å². The Balaban J connectivity index is 2.20. The average Bonchev–Trinajstić information content (AvgIpc) is 2.66. The zero-order chi connectivity index (χ0) is 9.97. The molecule has 0 unspecified atom stereocenters. The average molecular weight is 319 g/mol. The van der Waals surface area contributed by atoms with Crippen LogP contribution in [0.4, 0.5) is 5.69 Å². The Labute approximate surface area is 99.3 Å². The maximum Gasteiger partial charge on any atom is 0.195 e. The fraction of sp³-hybridized carbons (Fsp3) is 0.222. The molecular formula is C9H9Br2N3. The van der Waals surface area contributed by atoms with Gasteiger partial charge in [0.05, 0.1) is 16.7 Å². The molecule has 14 heavy (non-hydrogen) atoms. The Morgan fingerprint density at radius 1 is 1.36 bits per heavy atom. The molecule has 0 aromatic heterocycles. The predicted octanol–water partition coefficient (Wildman–Crippen LogP) is 2.58. The van der Waals surface area contributed by atoms with Crippen LogP contribution in [0.2, 0.25) is 0 Å². The first kappa shape index (κ1) is 9.98. The number of aliphatic imine (C=N–C) groups is 1. The van der Waals surface area contributed by atoms with Crippen molar-refractivity contribution in [3.05, 3.63) is 27.1 Å². The Kier molecular flexibility index (Phi) is 3.08. The van der Waals surface area contributed by atoms with Crippen molar-refractivity contribution >= 4 is 43.5 Å². The number of hydrogen-bond donors (Lipinski definition) is 2. The van der Waals surface area contributed by atoms with E-state index in [0.29, 0.717) is 0 Å². The fourth-order valence-corrected chi connectivity index (χ4v) is 1.94. The molecule has 0 fully saturated rings. The lowest BCUT2D eigenvalue weighted by Gasteiger charge is -2.09. The largest absolute Gasteiger partial charge is 0.354 e. The molecule has 0 saturated carbocycles. The molecule has 1 aromatic rings. The number of benzene rings is 1. The van der Waals surface area contributed by atoms with Crippen LogP contribution in [-0.4, -0.2) is 19.0 Å². The summed E-state index contributed by atoms with van der Waals surface area (Å²) >= 11 is 6.94. The predicted molar refractivity (Wildman–Crippen MR) is 65.8 cm³/mol. The zero-order valence-corrected chi connectivity index (χ0v) is 10.5. The van der Waals surface area contributed by atoms with E-state index in [0.717, 1.165) is 33.7 Å². The topological polar surface area (TPSA) is 36.4 Å². The van der Waals surface area contributed by atoms with Crippen molar-refractivity contribution in [3.63, 3.8) is 0 Å². The molecule has 0 bridgehead atoms. The van der Waals surface area contributed by atoms with E-state index >= 15 is 0 Å². The van der Waals surface area contributed by atoms with Crippen LogP contribution in [0, 0.1) is 0 Å². The normalized spacial score (nSPS) is 14.9. The molecular weight excluding hydrogens is 310 g/mol. The second-order valence-electron chi connectivity index (χ2n) is 2.88. The Bertz CT molecular complexity index is 376. The number of nitrogens with one attached hydrogen (secondary N) is 2. The smallest absolute Gasteiger partial charge is 0.195 e. The zero-order valence-electron chi connectivity index (χ0n) is 7.35. The van der Waals surface area contributed by atoms with Gasteiger partial charge in [-0.05, 0) is 44.0 Å². The Hall–Kier alpha value is -0.550. The number of nitrogens with zero attached hydrogens (tertiary/aromatic N) is 1. The van der Waals surface area contributed by atoms with Crippen molar-refractivity contribution in [2.75, 3.05) is 18.4 Å². The van der Waals surface area contributed by atoms with E-state index in [9.17, 15) is 0 Å². The van der Waals surface area contributed by atoms with Crippen LogP contribution in [0.3, 0.4) is 0 Å². The lowest BCUT2D eigenvalue weighted by molar-refractivity contribution is 0.959. The van der Waals surface area contributed by atoms with Crippen LogP contribution in [0.1, 0.15) is 0 Å². The number of anilines is 1. The summed E-state index contributed by atoms with van der Waals surface area (Å²) in [6.07, 6.45) is 0. The molecule has 0 aliphatic carbocycles. The first-order chi connectivity index (χ1) is 6.77. The molecule has 2 rings (SSSR count). The highest BCUT2D eigenvalue weighted by atomic mass is 79.9. The molecule has 0 atom stereocenters. The maximum absolute atomic E-state index is 4.26. The van der Waals surface area contributed by atoms with Crippen LogP contribution in [0.5, 0.6) is 0 Å². The van der Waals surface area contributed by atoms with Gasteiger partial charge < -0.3 is 10.6 Å². The third-order valence-corrected chi connectivity index (χ3v) is 3.93. The number of hydrogen-bond acceptors (Lipinski definition) is 3. The molecule has 1 aliphatic rings. The molecule has 1 heterocycles. The van der Waals surface area contributed by atoms with Gasteiger partial charge >= 0.3 is 0 Å². The van der Waals surface area contributed by atoms with Crippen LogP contribution >= 0.6 is 31.9 Å². The highest BCUT2D eigenvalue weighted by molar-refractivity contribution is 9.13. The molecule has 74 valence electrons.